The van der Waals surface area contributed by atoms with E-state index in [-0.39, 0.29) is 16.0 Å². The average Bonchev–Trinajstić information content (AvgIpc) is 2.88. The molecule has 0 aliphatic rings. The molecule has 0 unspecified atom stereocenters. The molecule has 43 heavy (non-hydrogen) atoms. The van der Waals surface area contributed by atoms with Gasteiger partial charge in [-0.15, -0.1) is 0 Å². The van der Waals surface area contributed by atoms with Gasteiger partial charge < -0.3 is 13.6 Å². The molecule has 0 amide bonds. The van der Waals surface area contributed by atoms with Crippen molar-refractivity contribution in [2.45, 2.75) is 124 Å². The highest BCUT2D eigenvalue weighted by Crippen LogP contribution is 2.41. The summed E-state index contributed by atoms with van der Waals surface area (Å²) in [6, 6.07) is 6.16. The lowest BCUT2D eigenvalue weighted by molar-refractivity contribution is -0.136. The fourth-order valence-corrected chi connectivity index (χ4v) is 5.81. The molecule has 1 rings (SSSR count). The first-order valence-corrected chi connectivity index (χ1v) is 21.2. The highest BCUT2D eigenvalue weighted by atomic mass is 28.4. The second-order valence-electron chi connectivity index (χ2n) is 14.5. The van der Waals surface area contributed by atoms with Gasteiger partial charge in [-0.2, -0.15) is 0 Å². The molecular formula is C34H57N3O4Si2. The van der Waals surface area contributed by atoms with E-state index in [9.17, 15) is 4.79 Å². The van der Waals surface area contributed by atoms with Crippen LogP contribution in [-0.4, -0.2) is 36.3 Å². The van der Waals surface area contributed by atoms with Crippen molar-refractivity contribution in [1.29, 1.82) is 0 Å². The Balaban J connectivity index is 3.26. The summed E-state index contributed by atoms with van der Waals surface area (Å²) >= 11 is 0. The van der Waals surface area contributed by atoms with E-state index >= 15 is 0 Å². The summed E-state index contributed by atoms with van der Waals surface area (Å²) < 4.78 is 18.6. The molecule has 7 nitrogen and oxygen atoms in total. The number of methoxy groups -OCH3 is 1. The van der Waals surface area contributed by atoms with E-state index in [1.807, 2.05) is 25.1 Å². The van der Waals surface area contributed by atoms with E-state index < -0.39 is 16.6 Å². The predicted octanol–water partition coefficient (Wildman–Crippen LogP) is 10.9. The first-order chi connectivity index (χ1) is 19.7. The average molecular weight is 628 g/mol. The van der Waals surface area contributed by atoms with Crippen molar-refractivity contribution in [3.8, 4) is 11.5 Å². The van der Waals surface area contributed by atoms with E-state index in [0.717, 1.165) is 41.9 Å². The predicted molar refractivity (Wildman–Crippen MR) is 186 cm³/mol. The normalized spacial score (nSPS) is 13.8. The third-order valence-corrected chi connectivity index (χ3v) is 17.4. The molecule has 0 saturated carbocycles. The van der Waals surface area contributed by atoms with E-state index in [1.54, 1.807) is 0 Å². The number of carbonyl (C=O) groups excluding carboxylic acids is 1. The van der Waals surface area contributed by atoms with Crippen LogP contribution in [0.3, 0.4) is 0 Å². The molecule has 0 bridgehead atoms. The van der Waals surface area contributed by atoms with Crippen LogP contribution in [0.1, 0.15) is 86.6 Å². The third-order valence-electron chi connectivity index (χ3n) is 8.72. The Morgan fingerprint density at radius 3 is 2.00 bits per heavy atom. The van der Waals surface area contributed by atoms with E-state index in [2.05, 4.69) is 103 Å². The number of allylic oxidation sites excluding steroid dienone is 4. The number of esters is 1. The maximum Gasteiger partial charge on any atom is 0.333 e. The maximum atomic E-state index is 12.8. The summed E-state index contributed by atoms with van der Waals surface area (Å²) in [5, 5.41) is 3.73. The number of rotatable bonds is 15. The van der Waals surface area contributed by atoms with Crippen LogP contribution in [0.15, 0.2) is 58.3 Å². The number of hydrogen-bond acceptors (Lipinski definition) is 5. The molecule has 0 aliphatic heterocycles. The molecule has 0 N–H and O–H groups in total. The third kappa shape index (κ3) is 12.8. The summed E-state index contributed by atoms with van der Waals surface area (Å²) in [6.07, 6.45) is 9.97. The van der Waals surface area contributed by atoms with Gasteiger partial charge in [0.25, 0.3) is 0 Å². The van der Waals surface area contributed by atoms with Crippen LogP contribution in [0.5, 0.6) is 11.5 Å². The van der Waals surface area contributed by atoms with Gasteiger partial charge in [-0.25, -0.2) is 4.79 Å². The van der Waals surface area contributed by atoms with Gasteiger partial charge in [0.05, 0.1) is 7.11 Å². The molecule has 0 aromatic heterocycles. The van der Waals surface area contributed by atoms with Gasteiger partial charge in [0.2, 0.25) is 16.6 Å². The minimum Gasteiger partial charge on any atom is -0.543 e. The molecule has 240 valence electrons. The van der Waals surface area contributed by atoms with Crippen molar-refractivity contribution in [1.82, 2.24) is 0 Å². The van der Waals surface area contributed by atoms with Crippen LogP contribution in [0.25, 0.3) is 10.4 Å². The lowest BCUT2D eigenvalue weighted by Crippen LogP contribution is -2.44. The maximum absolute atomic E-state index is 12.8. The standard InChI is InChI=1S/C34H57N3O4Si2/c1-26(16-14-18-27(2)25-36-37-35)17-15-19-28(32(38)39-9)20-21-29-24-30(40-42(10,11)33(3,4)5)22-23-31(29)41-43(12,13)34(6,7)8/h17-18,20,22-24H,14-16,19,21,25H2,1-13H3. The summed E-state index contributed by atoms with van der Waals surface area (Å²) in [5.74, 6) is 1.40. The van der Waals surface area contributed by atoms with Gasteiger partial charge in [0, 0.05) is 22.6 Å². The number of carbonyl (C=O) groups is 1. The molecule has 9 heteroatoms. The number of hydrogen-bond donors (Lipinski definition) is 0. The van der Waals surface area contributed by atoms with E-state index in [4.69, 9.17) is 19.1 Å². The van der Waals surface area contributed by atoms with Crippen LogP contribution in [0.4, 0.5) is 0 Å². The van der Waals surface area contributed by atoms with E-state index in [1.165, 1.54) is 12.7 Å². The van der Waals surface area contributed by atoms with Crippen molar-refractivity contribution < 1.29 is 18.4 Å². The Morgan fingerprint density at radius 1 is 0.884 bits per heavy atom. The molecule has 1 aromatic carbocycles. The molecule has 1 aromatic rings. The SMILES string of the molecule is COC(=O)C(=CCc1cc(O[Si](C)(C)C(C)(C)C)ccc1O[Si](C)(C)C(C)(C)C)CCC=C(C)CCC=C(C)CN=[N+]=[N-]. The first-order valence-electron chi connectivity index (χ1n) is 15.3. The van der Waals surface area contributed by atoms with Gasteiger partial charge >= 0.3 is 5.97 Å². The van der Waals surface area contributed by atoms with Crippen LogP contribution in [-0.2, 0) is 16.0 Å². The Hall–Kier alpha value is -2.75. The van der Waals surface area contributed by atoms with Crippen molar-refractivity contribution in [2.75, 3.05) is 13.7 Å². The fraction of sp³-hybridized carbons (Fsp3) is 0.618. The van der Waals surface area contributed by atoms with Crippen LogP contribution >= 0.6 is 0 Å². The second kappa shape index (κ2) is 16.4. The minimum atomic E-state index is -2.09. The number of nitrogens with zero attached hydrogens (tertiary/aromatic N) is 3. The summed E-state index contributed by atoms with van der Waals surface area (Å²) in [7, 11) is -2.69. The highest BCUT2D eigenvalue weighted by molar-refractivity contribution is 6.75. The van der Waals surface area contributed by atoms with Gasteiger partial charge in [-0.1, -0.05) is 76.0 Å². The second-order valence-corrected chi connectivity index (χ2v) is 23.9. The number of azide groups is 1. The summed E-state index contributed by atoms with van der Waals surface area (Å²) in [5.41, 5.74) is 12.5. The molecular weight excluding hydrogens is 571 g/mol. The van der Waals surface area contributed by atoms with Crippen molar-refractivity contribution >= 4 is 22.6 Å². The first kappa shape index (κ1) is 38.3. The Bertz CT molecular complexity index is 1230. The van der Waals surface area contributed by atoms with Gasteiger partial charge in [-0.3, -0.25) is 0 Å². The van der Waals surface area contributed by atoms with Gasteiger partial charge in [0.15, 0.2) is 0 Å². The van der Waals surface area contributed by atoms with Crippen molar-refractivity contribution in [3.05, 3.63) is 69.2 Å². The minimum absolute atomic E-state index is 0.0524. The summed E-state index contributed by atoms with van der Waals surface area (Å²) in [4.78, 5) is 15.6. The zero-order valence-electron chi connectivity index (χ0n) is 29.2. The molecule has 0 saturated heterocycles. The lowest BCUT2D eigenvalue weighted by atomic mass is 10.0. The molecule has 0 spiro atoms. The van der Waals surface area contributed by atoms with Crippen LogP contribution < -0.4 is 8.85 Å². The Morgan fingerprint density at radius 2 is 1.44 bits per heavy atom. The smallest absolute Gasteiger partial charge is 0.333 e. The summed E-state index contributed by atoms with van der Waals surface area (Å²) in [6.45, 7) is 26.9. The fourth-order valence-electron chi connectivity index (χ4n) is 3.74. The van der Waals surface area contributed by atoms with Gasteiger partial charge in [-0.05, 0) is 106 Å². The topological polar surface area (TPSA) is 93.5 Å². The zero-order valence-corrected chi connectivity index (χ0v) is 31.2. The molecule has 0 aliphatic carbocycles. The van der Waals surface area contributed by atoms with Crippen LogP contribution in [0.2, 0.25) is 36.3 Å². The monoisotopic (exact) mass is 627 g/mol. The highest BCUT2D eigenvalue weighted by Gasteiger charge is 2.40. The molecule has 0 heterocycles. The number of benzene rings is 1. The molecule has 0 radical (unpaired) electrons. The van der Waals surface area contributed by atoms with Crippen LogP contribution in [0, 0.1) is 0 Å². The van der Waals surface area contributed by atoms with E-state index in [0.29, 0.717) is 25.0 Å². The Kier molecular flexibility index (Phi) is 14.6. The van der Waals surface area contributed by atoms with Crippen molar-refractivity contribution in [2.24, 2.45) is 5.11 Å². The molecule has 0 atom stereocenters. The number of ether oxygens (including phenoxy) is 1. The zero-order chi connectivity index (χ0) is 33.1. The molecule has 0 fully saturated rings. The lowest BCUT2D eigenvalue weighted by Gasteiger charge is -2.38. The van der Waals surface area contributed by atoms with Gasteiger partial charge in [0.1, 0.15) is 11.5 Å². The Labute approximate surface area is 263 Å². The largest absolute Gasteiger partial charge is 0.543 e. The quantitative estimate of drug-likeness (QED) is 0.0368. The van der Waals surface area contributed by atoms with Crippen molar-refractivity contribution in [3.63, 3.8) is 0 Å².